The van der Waals surface area contributed by atoms with Gasteiger partial charge in [0.1, 0.15) is 4.88 Å². The zero-order chi connectivity index (χ0) is 20.3. The molecule has 1 aliphatic rings. The molecule has 1 aromatic carbocycles. The first-order valence-electron chi connectivity index (χ1n) is 9.07. The second kappa shape index (κ2) is 8.43. The third-order valence-corrected chi connectivity index (χ3v) is 5.92. The number of rotatable bonds is 5. The van der Waals surface area contributed by atoms with Crippen LogP contribution in [-0.2, 0) is 4.74 Å². The van der Waals surface area contributed by atoms with Crippen LogP contribution in [-0.4, -0.2) is 38.0 Å². The first kappa shape index (κ1) is 19.9. The molecule has 0 bridgehead atoms. The van der Waals surface area contributed by atoms with Crippen LogP contribution in [0.3, 0.4) is 0 Å². The van der Waals surface area contributed by atoms with E-state index in [1.54, 1.807) is 24.3 Å². The Morgan fingerprint density at radius 3 is 2.46 bits per heavy atom. The summed E-state index contributed by atoms with van der Waals surface area (Å²) >= 11 is 1.04. The maximum atomic E-state index is 12.5. The highest BCUT2D eigenvalue weighted by Crippen LogP contribution is 2.29. The molecule has 1 saturated heterocycles. The molecule has 0 aliphatic carbocycles. The number of primary amides is 1. The quantitative estimate of drug-likeness (QED) is 0.750. The third-order valence-electron chi connectivity index (χ3n) is 4.86. The Morgan fingerprint density at radius 2 is 1.82 bits per heavy atom. The van der Waals surface area contributed by atoms with E-state index >= 15 is 0 Å². The van der Waals surface area contributed by atoms with E-state index in [1.165, 1.54) is 7.11 Å². The van der Waals surface area contributed by atoms with Gasteiger partial charge in [0.2, 0.25) is 0 Å². The van der Waals surface area contributed by atoms with E-state index in [2.05, 4.69) is 21.9 Å². The van der Waals surface area contributed by atoms with Crippen molar-refractivity contribution in [3.63, 3.8) is 0 Å². The van der Waals surface area contributed by atoms with E-state index in [-0.39, 0.29) is 5.91 Å². The average Bonchev–Trinajstić information content (AvgIpc) is 3.18. The van der Waals surface area contributed by atoms with E-state index in [9.17, 15) is 14.4 Å². The van der Waals surface area contributed by atoms with Crippen LogP contribution in [0.2, 0.25) is 0 Å². The number of amides is 2. The lowest BCUT2D eigenvalue weighted by molar-refractivity contribution is 0.0606. The number of anilines is 2. The van der Waals surface area contributed by atoms with Crippen molar-refractivity contribution >= 4 is 40.5 Å². The predicted molar refractivity (Wildman–Crippen MR) is 109 cm³/mol. The van der Waals surface area contributed by atoms with Crippen LogP contribution in [0.4, 0.5) is 11.4 Å². The highest BCUT2D eigenvalue weighted by Gasteiger charge is 2.21. The minimum Gasteiger partial charge on any atom is -0.465 e. The molecule has 1 fully saturated rings. The fourth-order valence-electron chi connectivity index (χ4n) is 3.20. The minimum atomic E-state index is -0.533. The van der Waals surface area contributed by atoms with Crippen molar-refractivity contribution in [1.29, 1.82) is 0 Å². The second-order valence-corrected chi connectivity index (χ2v) is 7.96. The Hall–Kier alpha value is -2.87. The lowest BCUT2D eigenvalue weighted by atomic mass is 9.98. The van der Waals surface area contributed by atoms with E-state index < -0.39 is 11.9 Å². The third kappa shape index (κ3) is 4.33. The first-order chi connectivity index (χ1) is 13.4. The molecule has 3 N–H and O–H groups in total. The van der Waals surface area contributed by atoms with E-state index in [4.69, 9.17) is 5.73 Å². The minimum absolute atomic E-state index is 0.347. The maximum absolute atomic E-state index is 12.5. The Balaban J connectivity index is 1.78. The van der Waals surface area contributed by atoms with Gasteiger partial charge in [-0.3, -0.25) is 9.59 Å². The number of nitrogens with zero attached hydrogens (tertiary/aromatic N) is 1. The molecule has 7 nitrogen and oxygen atoms in total. The predicted octanol–water partition coefficient (Wildman–Crippen LogP) is 3.12. The van der Waals surface area contributed by atoms with Gasteiger partial charge in [-0.15, -0.1) is 11.3 Å². The molecule has 0 radical (unpaired) electrons. The number of nitrogens with one attached hydrogen (secondary N) is 1. The molecule has 2 heterocycles. The van der Waals surface area contributed by atoms with Crippen LogP contribution in [0.25, 0.3) is 0 Å². The Labute approximate surface area is 167 Å². The number of esters is 1. The number of carbonyl (C=O) groups is 3. The van der Waals surface area contributed by atoms with Crippen molar-refractivity contribution in [2.75, 3.05) is 30.4 Å². The molecular formula is C20H23N3O4S. The zero-order valence-electron chi connectivity index (χ0n) is 15.9. The fraction of sp³-hybridized carbons (Fsp3) is 0.350. The highest BCUT2D eigenvalue weighted by atomic mass is 32.1. The van der Waals surface area contributed by atoms with Gasteiger partial charge in [-0.25, -0.2) is 4.79 Å². The second-order valence-electron chi connectivity index (χ2n) is 6.88. The van der Waals surface area contributed by atoms with Crippen LogP contribution < -0.4 is 16.0 Å². The molecule has 1 aliphatic heterocycles. The van der Waals surface area contributed by atoms with Crippen molar-refractivity contribution < 1.29 is 19.1 Å². The highest BCUT2D eigenvalue weighted by molar-refractivity contribution is 7.16. The van der Waals surface area contributed by atoms with Gasteiger partial charge < -0.3 is 20.7 Å². The normalized spacial score (nSPS) is 14.6. The summed E-state index contributed by atoms with van der Waals surface area (Å²) in [6, 6.07) is 8.28. The molecule has 3 rings (SSSR count). The largest absolute Gasteiger partial charge is 0.465 e. The molecule has 1 aromatic heterocycles. The fourth-order valence-corrected chi connectivity index (χ4v) is 4.02. The molecular weight excluding hydrogens is 378 g/mol. The SMILES string of the molecule is COC(=O)c1ccc(C(=O)Nc2ccc(N3CCC(C)CC3)c(C(N)=O)c2)s1. The van der Waals surface area contributed by atoms with Gasteiger partial charge in [-0.1, -0.05) is 6.92 Å². The number of benzene rings is 1. The lowest BCUT2D eigenvalue weighted by Crippen LogP contribution is -2.34. The van der Waals surface area contributed by atoms with Gasteiger partial charge >= 0.3 is 5.97 Å². The van der Waals surface area contributed by atoms with E-state index in [0.29, 0.717) is 26.9 Å². The number of ether oxygens (including phenoxy) is 1. The summed E-state index contributed by atoms with van der Waals surface area (Å²) in [5.41, 5.74) is 7.23. The van der Waals surface area contributed by atoms with E-state index in [0.717, 1.165) is 43.0 Å². The Kier molecular flexibility index (Phi) is 5.99. The summed E-state index contributed by atoms with van der Waals surface area (Å²) < 4.78 is 4.65. The van der Waals surface area contributed by atoms with Crippen LogP contribution in [0, 0.1) is 5.92 Å². The van der Waals surface area contributed by atoms with Gasteiger partial charge in [0.25, 0.3) is 11.8 Å². The van der Waals surface area contributed by atoms with Crippen LogP contribution in [0.15, 0.2) is 30.3 Å². The van der Waals surface area contributed by atoms with Crippen LogP contribution in [0.1, 0.15) is 49.5 Å². The van der Waals surface area contributed by atoms with Gasteiger partial charge in [-0.05, 0) is 49.1 Å². The maximum Gasteiger partial charge on any atom is 0.348 e. The molecule has 0 saturated carbocycles. The average molecular weight is 401 g/mol. The first-order valence-corrected chi connectivity index (χ1v) is 9.89. The molecule has 8 heteroatoms. The summed E-state index contributed by atoms with van der Waals surface area (Å²) in [6.45, 7) is 3.97. The summed E-state index contributed by atoms with van der Waals surface area (Å²) in [6.07, 6.45) is 2.13. The molecule has 2 amide bonds. The summed E-state index contributed by atoms with van der Waals surface area (Å²) in [5.74, 6) is -0.711. The molecule has 28 heavy (non-hydrogen) atoms. The number of piperidine rings is 1. The van der Waals surface area contributed by atoms with Gasteiger partial charge in [0.15, 0.2) is 0 Å². The molecule has 0 spiro atoms. The zero-order valence-corrected chi connectivity index (χ0v) is 16.7. The number of carbonyl (C=O) groups excluding carboxylic acids is 3. The number of hydrogen-bond donors (Lipinski definition) is 2. The molecule has 0 atom stereocenters. The number of methoxy groups -OCH3 is 1. The number of nitrogens with two attached hydrogens (primary N) is 1. The van der Waals surface area contributed by atoms with Crippen molar-refractivity contribution in [2.24, 2.45) is 11.7 Å². The van der Waals surface area contributed by atoms with Crippen LogP contribution in [0.5, 0.6) is 0 Å². The molecule has 148 valence electrons. The van der Waals surface area contributed by atoms with Crippen molar-refractivity contribution in [3.05, 3.63) is 45.6 Å². The lowest BCUT2D eigenvalue weighted by Gasteiger charge is -2.33. The topological polar surface area (TPSA) is 102 Å². The Morgan fingerprint density at radius 1 is 1.14 bits per heavy atom. The standard InChI is InChI=1S/C20H23N3O4S/c1-12-7-9-23(10-8-12)15-4-3-13(11-14(15)18(21)24)22-19(25)16-5-6-17(28-16)20(26)27-2/h3-6,11-12H,7-10H2,1-2H3,(H2,21,24)(H,22,25). The smallest absolute Gasteiger partial charge is 0.348 e. The monoisotopic (exact) mass is 401 g/mol. The van der Waals surface area contributed by atoms with Gasteiger partial charge in [0.05, 0.1) is 17.6 Å². The number of hydrogen-bond acceptors (Lipinski definition) is 6. The van der Waals surface area contributed by atoms with Crippen LogP contribution >= 0.6 is 11.3 Å². The summed E-state index contributed by atoms with van der Waals surface area (Å²) in [7, 11) is 1.29. The summed E-state index contributed by atoms with van der Waals surface area (Å²) in [5, 5.41) is 2.75. The summed E-state index contributed by atoms with van der Waals surface area (Å²) in [4.78, 5) is 38.9. The van der Waals surface area contributed by atoms with Crippen molar-refractivity contribution in [3.8, 4) is 0 Å². The number of thiophene rings is 1. The molecule has 0 unspecified atom stereocenters. The Bertz CT molecular complexity index is 901. The van der Waals surface area contributed by atoms with Crippen molar-refractivity contribution in [2.45, 2.75) is 19.8 Å². The van der Waals surface area contributed by atoms with Gasteiger partial charge in [0, 0.05) is 24.5 Å². The van der Waals surface area contributed by atoms with Crippen molar-refractivity contribution in [1.82, 2.24) is 0 Å². The van der Waals surface area contributed by atoms with E-state index in [1.807, 2.05) is 6.07 Å². The molecule has 2 aromatic rings. The van der Waals surface area contributed by atoms with Gasteiger partial charge in [-0.2, -0.15) is 0 Å².